The van der Waals surface area contributed by atoms with Gasteiger partial charge in [0.15, 0.2) is 5.82 Å². The van der Waals surface area contributed by atoms with Gasteiger partial charge in [0, 0.05) is 5.41 Å². The van der Waals surface area contributed by atoms with Crippen LogP contribution in [0.15, 0.2) is 17.4 Å². The predicted octanol–water partition coefficient (Wildman–Crippen LogP) is 1.44. The molecule has 0 unspecified atom stereocenters. The average molecular weight is 140 g/mol. The van der Waals surface area contributed by atoms with Gasteiger partial charge in [-0.1, -0.05) is 27.4 Å². The van der Waals surface area contributed by atoms with E-state index in [1.165, 1.54) is 0 Å². The first-order valence-electron chi connectivity index (χ1n) is 3.21. The fraction of sp³-hybridized carbons (Fsp3) is 0.571. The van der Waals surface area contributed by atoms with Crippen molar-refractivity contribution < 1.29 is 4.84 Å². The van der Waals surface area contributed by atoms with Gasteiger partial charge in [-0.2, -0.15) is 4.99 Å². The number of hydrogen-bond acceptors (Lipinski definition) is 3. The minimum Gasteiger partial charge on any atom is -0.364 e. The molecule has 3 nitrogen and oxygen atoms in total. The van der Waals surface area contributed by atoms with Gasteiger partial charge in [0.2, 0.25) is 5.90 Å². The molecule has 1 aliphatic heterocycles. The van der Waals surface area contributed by atoms with Crippen LogP contribution < -0.4 is 5.48 Å². The van der Waals surface area contributed by atoms with Crippen molar-refractivity contribution in [1.29, 1.82) is 0 Å². The fourth-order valence-electron chi connectivity index (χ4n) is 0.596. The van der Waals surface area contributed by atoms with Gasteiger partial charge in [0.1, 0.15) is 0 Å². The first kappa shape index (κ1) is 7.12. The third kappa shape index (κ3) is 1.29. The van der Waals surface area contributed by atoms with E-state index in [0.717, 1.165) is 0 Å². The maximum Gasteiger partial charge on any atom is 0.229 e. The highest BCUT2D eigenvalue weighted by Gasteiger charge is 2.25. The zero-order valence-corrected chi connectivity index (χ0v) is 6.56. The Labute approximate surface area is 60.7 Å². The molecule has 10 heavy (non-hydrogen) atoms. The van der Waals surface area contributed by atoms with Crippen molar-refractivity contribution in [3.05, 3.63) is 12.4 Å². The van der Waals surface area contributed by atoms with E-state index in [9.17, 15) is 0 Å². The molecule has 3 heteroatoms. The molecule has 0 amide bonds. The van der Waals surface area contributed by atoms with Crippen molar-refractivity contribution >= 4 is 5.90 Å². The summed E-state index contributed by atoms with van der Waals surface area (Å²) in [5.74, 6) is 1.27. The maximum absolute atomic E-state index is 5.03. The topological polar surface area (TPSA) is 33.6 Å². The van der Waals surface area contributed by atoms with Gasteiger partial charge in [0.25, 0.3) is 0 Å². The van der Waals surface area contributed by atoms with Crippen LogP contribution in [0.4, 0.5) is 0 Å². The summed E-state index contributed by atoms with van der Waals surface area (Å²) in [6.45, 7) is 9.70. The zero-order chi connectivity index (χ0) is 7.78. The molecule has 0 saturated heterocycles. The van der Waals surface area contributed by atoms with E-state index in [1.54, 1.807) is 0 Å². The molecule has 1 rings (SSSR count). The van der Waals surface area contributed by atoms with E-state index < -0.39 is 0 Å². The SMILES string of the molecule is C=C1N=C(C(C)(C)C)ON1. The molecular weight excluding hydrogens is 128 g/mol. The summed E-state index contributed by atoms with van der Waals surface area (Å²) in [5, 5.41) is 0. The van der Waals surface area contributed by atoms with E-state index in [-0.39, 0.29) is 5.41 Å². The lowest BCUT2D eigenvalue weighted by molar-refractivity contribution is 0.209. The largest absolute Gasteiger partial charge is 0.364 e. The summed E-state index contributed by atoms with van der Waals surface area (Å²) in [6.07, 6.45) is 0. The number of hydrogen-bond donors (Lipinski definition) is 1. The van der Waals surface area contributed by atoms with Crippen LogP contribution >= 0.6 is 0 Å². The molecule has 0 aromatic carbocycles. The van der Waals surface area contributed by atoms with Crippen molar-refractivity contribution in [3.8, 4) is 0 Å². The number of aliphatic imine (C=N–C) groups is 1. The first-order valence-corrected chi connectivity index (χ1v) is 3.21. The first-order chi connectivity index (χ1) is 4.50. The highest BCUT2D eigenvalue weighted by atomic mass is 16.7. The number of nitrogens with one attached hydrogen (secondary N) is 1. The van der Waals surface area contributed by atoms with E-state index in [2.05, 4.69) is 17.1 Å². The van der Waals surface area contributed by atoms with Gasteiger partial charge in [0.05, 0.1) is 0 Å². The minimum absolute atomic E-state index is 0.0353. The van der Waals surface area contributed by atoms with Crippen molar-refractivity contribution in [2.45, 2.75) is 20.8 Å². The Balaban J connectivity index is 2.76. The van der Waals surface area contributed by atoms with Gasteiger partial charge in [-0.05, 0) is 0 Å². The number of nitrogens with zero attached hydrogens (tertiary/aromatic N) is 1. The third-order valence-electron chi connectivity index (χ3n) is 1.14. The highest BCUT2D eigenvalue weighted by Crippen LogP contribution is 2.20. The van der Waals surface area contributed by atoms with Gasteiger partial charge >= 0.3 is 0 Å². The predicted molar refractivity (Wildman–Crippen MR) is 40.3 cm³/mol. The third-order valence-corrected chi connectivity index (χ3v) is 1.14. The van der Waals surface area contributed by atoms with Crippen molar-refractivity contribution in [1.82, 2.24) is 5.48 Å². The number of hydroxylamine groups is 1. The summed E-state index contributed by atoms with van der Waals surface area (Å²) >= 11 is 0. The van der Waals surface area contributed by atoms with Gasteiger partial charge in [-0.25, -0.2) is 5.48 Å². The molecule has 0 aromatic rings. The summed E-state index contributed by atoms with van der Waals surface area (Å²) in [4.78, 5) is 9.08. The molecule has 56 valence electrons. The highest BCUT2D eigenvalue weighted by molar-refractivity contribution is 5.83. The summed E-state index contributed by atoms with van der Waals surface area (Å²) in [7, 11) is 0. The second kappa shape index (κ2) is 2.01. The molecule has 0 saturated carbocycles. The van der Waals surface area contributed by atoms with Crippen LogP contribution in [0.5, 0.6) is 0 Å². The average Bonchev–Trinajstić information content (AvgIpc) is 2.11. The molecular formula is C7H12N2O. The maximum atomic E-state index is 5.03. The van der Waals surface area contributed by atoms with Crippen LogP contribution in [0.2, 0.25) is 0 Å². The minimum atomic E-state index is -0.0353. The Kier molecular flexibility index (Phi) is 1.43. The molecule has 1 N–H and O–H groups in total. The standard InChI is InChI=1S/C7H12N2O/c1-5-8-6(10-9-5)7(2,3)4/h9H,1H2,2-4H3. The molecule has 0 atom stereocenters. The molecule has 1 heterocycles. The van der Waals surface area contributed by atoms with Gasteiger partial charge in [-0.15, -0.1) is 0 Å². The van der Waals surface area contributed by atoms with E-state index >= 15 is 0 Å². The normalized spacial score (nSPS) is 17.9. The van der Waals surface area contributed by atoms with E-state index in [1.807, 2.05) is 20.8 Å². The van der Waals surface area contributed by atoms with E-state index in [0.29, 0.717) is 11.7 Å². The van der Waals surface area contributed by atoms with Crippen molar-refractivity contribution in [2.75, 3.05) is 0 Å². The fourth-order valence-corrected chi connectivity index (χ4v) is 0.596. The zero-order valence-electron chi connectivity index (χ0n) is 6.56. The van der Waals surface area contributed by atoms with Crippen LogP contribution in [0, 0.1) is 5.41 Å². The Bertz CT molecular complexity index is 188. The lowest BCUT2D eigenvalue weighted by atomic mass is 9.97. The van der Waals surface area contributed by atoms with Crippen molar-refractivity contribution in [3.63, 3.8) is 0 Å². The second-order valence-electron chi connectivity index (χ2n) is 3.32. The summed E-state index contributed by atoms with van der Waals surface area (Å²) in [6, 6.07) is 0. The van der Waals surface area contributed by atoms with Crippen molar-refractivity contribution in [2.24, 2.45) is 10.4 Å². The molecule has 0 bridgehead atoms. The summed E-state index contributed by atoms with van der Waals surface area (Å²) in [5.41, 5.74) is 2.54. The van der Waals surface area contributed by atoms with Crippen LogP contribution in [-0.2, 0) is 4.84 Å². The smallest absolute Gasteiger partial charge is 0.229 e. The lowest BCUT2D eigenvalue weighted by Crippen LogP contribution is -2.22. The lowest BCUT2D eigenvalue weighted by Gasteiger charge is -2.14. The van der Waals surface area contributed by atoms with Gasteiger partial charge < -0.3 is 4.84 Å². The molecule has 0 fully saturated rings. The Morgan fingerprint density at radius 3 is 2.30 bits per heavy atom. The van der Waals surface area contributed by atoms with Crippen LogP contribution in [-0.4, -0.2) is 5.90 Å². The second-order valence-corrected chi connectivity index (χ2v) is 3.32. The van der Waals surface area contributed by atoms with Crippen LogP contribution in [0.3, 0.4) is 0 Å². The molecule has 0 aromatic heterocycles. The Morgan fingerprint density at radius 2 is 2.10 bits per heavy atom. The summed E-state index contributed by atoms with van der Waals surface area (Å²) < 4.78 is 0. The monoisotopic (exact) mass is 140 g/mol. The number of rotatable bonds is 0. The Hall–Kier alpha value is -0.990. The van der Waals surface area contributed by atoms with Crippen LogP contribution in [0.25, 0.3) is 0 Å². The molecule has 0 spiro atoms. The molecule has 0 aliphatic carbocycles. The Morgan fingerprint density at radius 1 is 1.50 bits per heavy atom. The van der Waals surface area contributed by atoms with E-state index in [4.69, 9.17) is 4.84 Å². The molecule has 0 radical (unpaired) electrons. The quantitative estimate of drug-likeness (QED) is 0.552. The molecule has 1 aliphatic rings. The van der Waals surface area contributed by atoms with Crippen LogP contribution in [0.1, 0.15) is 20.8 Å². The van der Waals surface area contributed by atoms with Gasteiger partial charge in [-0.3, -0.25) is 0 Å².